The van der Waals surface area contributed by atoms with Gasteiger partial charge in [-0.1, -0.05) is 47.9 Å². The quantitative estimate of drug-likeness (QED) is 0.465. The third-order valence-corrected chi connectivity index (χ3v) is 7.26. The van der Waals surface area contributed by atoms with Gasteiger partial charge >= 0.3 is 5.97 Å². The van der Waals surface area contributed by atoms with Crippen molar-refractivity contribution in [2.75, 3.05) is 16.2 Å². The van der Waals surface area contributed by atoms with Gasteiger partial charge in [0.05, 0.1) is 23.5 Å². The second-order valence-corrected chi connectivity index (χ2v) is 9.91. The summed E-state index contributed by atoms with van der Waals surface area (Å²) in [6, 6.07) is 14.2. The van der Waals surface area contributed by atoms with E-state index in [0.717, 1.165) is 16.6 Å². The lowest BCUT2D eigenvalue weighted by molar-refractivity contribution is -0.137. The number of nitrogens with one attached hydrogen (secondary N) is 1. The topological polar surface area (TPSA) is 86.7 Å². The van der Waals surface area contributed by atoms with Crippen molar-refractivity contribution in [2.45, 2.75) is 45.1 Å². The Kier molecular flexibility index (Phi) is 6.99. The van der Waals surface area contributed by atoms with Crippen LogP contribution < -0.4 is 9.62 Å². The lowest BCUT2D eigenvalue weighted by atomic mass is 10.0. The molecular formula is C26H28N2O4S. The highest BCUT2D eigenvalue weighted by atomic mass is 32.2. The van der Waals surface area contributed by atoms with E-state index < -0.39 is 16.0 Å². The Hall–Kier alpha value is -3.50. The molecule has 33 heavy (non-hydrogen) atoms. The monoisotopic (exact) mass is 464 g/mol. The molecular weight excluding hydrogens is 436 g/mol. The molecule has 0 amide bonds. The van der Waals surface area contributed by atoms with Crippen molar-refractivity contribution in [1.82, 2.24) is 0 Å². The molecule has 0 radical (unpaired) electrons. The van der Waals surface area contributed by atoms with Gasteiger partial charge in [-0.2, -0.15) is 0 Å². The Morgan fingerprint density at radius 2 is 1.70 bits per heavy atom. The van der Waals surface area contributed by atoms with Gasteiger partial charge < -0.3 is 10.0 Å². The molecule has 0 saturated carbocycles. The zero-order chi connectivity index (χ0) is 24.3. The minimum absolute atomic E-state index is 0.0731. The normalized spacial score (nSPS) is 12.2. The molecule has 0 bridgehead atoms. The Morgan fingerprint density at radius 3 is 2.27 bits per heavy atom. The van der Waals surface area contributed by atoms with E-state index in [-0.39, 0.29) is 23.9 Å². The Labute approximate surface area is 195 Å². The van der Waals surface area contributed by atoms with Gasteiger partial charge in [0.2, 0.25) is 0 Å². The molecule has 0 aromatic heterocycles. The summed E-state index contributed by atoms with van der Waals surface area (Å²) in [5.41, 5.74) is 3.57. The number of benzene rings is 3. The van der Waals surface area contributed by atoms with E-state index in [9.17, 15) is 18.3 Å². The minimum Gasteiger partial charge on any atom is -0.481 e. The van der Waals surface area contributed by atoms with E-state index in [0.29, 0.717) is 22.2 Å². The van der Waals surface area contributed by atoms with Crippen LogP contribution in [0.5, 0.6) is 0 Å². The van der Waals surface area contributed by atoms with E-state index in [2.05, 4.69) is 10.6 Å². The van der Waals surface area contributed by atoms with Gasteiger partial charge in [-0.05, 0) is 51.0 Å². The molecule has 2 N–H and O–H groups in total. The summed E-state index contributed by atoms with van der Waals surface area (Å²) in [7, 11) is -3.83. The van der Waals surface area contributed by atoms with Gasteiger partial charge in [-0.15, -0.1) is 6.42 Å². The van der Waals surface area contributed by atoms with Crippen molar-refractivity contribution in [3.63, 3.8) is 0 Å². The summed E-state index contributed by atoms with van der Waals surface area (Å²) >= 11 is 0. The largest absolute Gasteiger partial charge is 0.481 e. The molecule has 3 aromatic rings. The van der Waals surface area contributed by atoms with Crippen LogP contribution in [0.15, 0.2) is 53.4 Å². The third kappa shape index (κ3) is 5.12. The number of carbonyl (C=O) groups is 1. The molecule has 0 spiro atoms. The Bertz CT molecular complexity index is 1330. The second kappa shape index (κ2) is 9.55. The highest BCUT2D eigenvalue weighted by Crippen LogP contribution is 2.35. The van der Waals surface area contributed by atoms with Crippen LogP contribution in [0.3, 0.4) is 0 Å². The van der Waals surface area contributed by atoms with Crippen LogP contribution in [0.2, 0.25) is 0 Å². The molecule has 0 aliphatic rings. The number of terminal acetylenes is 1. The number of aliphatic carboxylic acids is 1. The number of nitrogens with zero attached hydrogens (tertiary/aromatic N) is 1. The number of rotatable bonds is 8. The molecule has 7 heteroatoms. The van der Waals surface area contributed by atoms with Crippen LogP contribution in [-0.4, -0.2) is 32.1 Å². The molecule has 3 rings (SSSR count). The first kappa shape index (κ1) is 24.1. The lowest BCUT2D eigenvalue weighted by Gasteiger charge is -2.30. The molecule has 0 saturated heterocycles. The molecule has 3 aromatic carbocycles. The number of hydrogen-bond donors (Lipinski definition) is 2. The fourth-order valence-electron chi connectivity index (χ4n) is 4.35. The number of carboxylic acids is 1. The fourth-order valence-corrected chi connectivity index (χ4v) is 5.88. The summed E-state index contributed by atoms with van der Waals surface area (Å²) in [6.07, 6.45) is 5.49. The zero-order valence-corrected chi connectivity index (χ0v) is 20.0. The van der Waals surface area contributed by atoms with E-state index in [1.807, 2.05) is 48.2 Å². The van der Waals surface area contributed by atoms with Crippen LogP contribution in [0.25, 0.3) is 10.8 Å². The fraction of sp³-hybridized carbons (Fsp3) is 0.269. The lowest BCUT2D eigenvalue weighted by Crippen LogP contribution is -2.35. The third-order valence-electron chi connectivity index (χ3n) is 5.59. The first-order valence-electron chi connectivity index (χ1n) is 10.6. The van der Waals surface area contributed by atoms with Crippen molar-refractivity contribution in [2.24, 2.45) is 0 Å². The van der Waals surface area contributed by atoms with E-state index in [4.69, 9.17) is 6.42 Å². The molecule has 1 atom stereocenters. The van der Waals surface area contributed by atoms with E-state index in [1.54, 1.807) is 32.9 Å². The van der Waals surface area contributed by atoms with Crippen molar-refractivity contribution in [1.29, 1.82) is 0 Å². The number of sulfonamides is 1. The second-order valence-electron chi connectivity index (χ2n) is 8.29. The number of fused-ring (bicyclic) bond motifs is 1. The summed E-state index contributed by atoms with van der Waals surface area (Å²) in [6.45, 7) is 7.54. The molecule has 0 unspecified atom stereocenters. The van der Waals surface area contributed by atoms with Crippen molar-refractivity contribution in [3.05, 3.63) is 65.2 Å². The van der Waals surface area contributed by atoms with Crippen LogP contribution in [-0.2, 0) is 14.8 Å². The maximum absolute atomic E-state index is 13.3. The average Bonchev–Trinajstić information content (AvgIpc) is 2.71. The van der Waals surface area contributed by atoms with Crippen LogP contribution in [0.1, 0.15) is 30.0 Å². The molecule has 172 valence electrons. The van der Waals surface area contributed by atoms with E-state index in [1.165, 1.54) is 0 Å². The number of hydrogen-bond acceptors (Lipinski definition) is 4. The highest BCUT2D eigenvalue weighted by Gasteiger charge is 2.23. The Balaban J connectivity index is 2.11. The predicted molar refractivity (Wildman–Crippen MR) is 133 cm³/mol. The first-order chi connectivity index (χ1) is 15.5. The van der Waals surface area contributed by atoms with Gasteiger partial charge in [-0.25, -0.2) is 8.42 Å². The summed E-state index contributed by atoms with van der Waals surface area (Å²) in [5, 5.41) is 10.7. The Morgan fingerprint density at radius 1 is 1.09 bits per heavy atom. The highest BCUT2D eigenvalue weighted by molar-refractivity contribution is 7.92. The van der Waals surface area contributed by atoms with Crippen molar-refractivity contribution in [3.8, 4) is 12.3 Å². The predicted octanol–water partition coefficient (Wildman–Crippen LogP) is 4.87. The number of aryl methyl sites for hydroxylation is 3. The van der Waals surface area contributed by atoms with Gasteiger partial charge in [0.25, 0.3) is 10.0 Å². The van der Waals surface area contributed by atoms with Gasteiger partial charge in [0.1, 0.15) is 0 Å². The van der Waals surface area contributed by atoms with Crippen molar-refractivity contribution < 1.29 is 18.3 Å². The molecule has 0 aliphatic carbocycles. The molecule has 6 nitrogen and oxygen atoms in total. The zero-order valence-electron chi connectivity index (χ0n) is 19.2. The van der Waals surface area contributed by atoms with Crippen LogP contribution >= 0.6 is 0 Å². The summed E-state index contributed by atoms with van der Waals surface area (Å²) < 4.78 is 29.4. The number of anilines is 2. The number of carboxylic acid groups (broad SMARTS) is 1. The average molecular weight is 465 g/mol. The van der Waals surface area contributed by atoms with Crippen LogP contribution in [0, 0.1) is 33.1 Å². The maximum atomic E-state index is 13.3. The molecule has 0 aliphatic heterocycles. The van der Waals surface area contributed by atoms with Gasteiger partial charge in [0, 0.05) is 22.5 Å². The van der Waals surface area contributed by atoms with Gasteiger partial charge in [-0.3, -0.25) is 9.52 Å². The smallest absolute Gasteiger partial charge is 0.305 e. The SMILES string of the molecule is C#CCN(c1ccc(NS(=O)(=O)c2c(C)cc(C)cc2C)c2ccccc12)[C@@H](C)CC(=O)O. The van der Waals surface area contributed by atoms with E-state index >= 15 is 0 Å². The van der Waals surface area contributed by atoms with Crippen LogP contribution in [0.4, 0.5) is 11.4 Å². The summed E-state index contributed by atoms with van der Waals surface area (Å²) in [5.74, 6) is 1.68. The molecule has 0 heterocycles. The van der Waals surface area contributed by atoms with Crippen molar-refractivity contribution >= 4 is 38.1 Å². The van der Waals surface area contributed by atoms with Gasteiger partial charge in [0.15, 0.2) is 0 Å². The first-order valence-corrected chi connectivity index (χ1v) is 12.1. The summed E-state index contributed by atoms with van der Waals surface area (Å²) in [4.78, 5) is 13.4. The minimum atomic E-state index is -3.83. The molecule has 0 fully saturated rings. The standard InChI is InChI=1S/C26H28N2O4S/c1-6-13-28(20(5)16-25(29)30)24-12-11-23(21-9-7-8-10-22(21)24)27-33(31,32)26-18(3)14-17(2)15-19(26)4/h1,7-12,14-15,20,27H,13,16H2,2-5H3,(H,29,30)/t20-/m0/s1. The maximum Gasteiger partial charge on any atom is 0.305 e.